The molecule has 1 aliphatic rings. The summed E-state index contributed by atoms with van der Waals surface area (Å²) in [5.41, 5.74) is 2.67. The Balaban J connectivity index is 2.16. The maximum absolute atomic E-state index is 11.2. The molecular formula is C16H18N2O2. The molecule has 1 aliphatic heterocycles. The van der Waals surface area contributed by atoms with Gasteiger partial charge in [-0.15, -0.1) is 0 Å². The van der Waals surface area contributed by atoms with Gasteiger partial charge in [-0.25, -0.2) is 4.98 Å². The minimum absolute atomic E-state index is 0.0293. The van der Waals surface area contributed by atoms with E-state index in [1.807, 2.05) is 30.3 Å². The first-order chi connectivity index (χ1) is 9.66. The zero-order valence-electron chi connectivity index (χ0n) is 11.5. The van der Waals surface area contributed by atoms with Gasteiger partial charge in [-0.3, -0.25) is 4.79 Å². The number of benzene rings is 1. The molecule has 1 unspecified atom stereocenters. The number of carboxylic acids is 1. The number of carbonyl (C=O) groups is 1. The lowest BCUT2D eigenvalue weighted by atomic mass is 10.0. The molecule has 0 saturated carbocycles. The average molecular weight is 270 g/mol. The molecule has 0 saturated heterocycles. The summed E-state index contributed by atoms with van der Waals surface area (Å²) in [4.78, 5) is 15.9. The maximum Gasteiger partial charge on any atom is 0.309 e. The second-order valence-corrected chi connectivity index (χ2v) is 5.37. The fourth-order valence-electron chi connectivity index (χ4n) is 3.04. The van der Waals surface area contributed by atoms with Gasteiger partial charge in [-0.05, 0) is 19.8 Å². The monoisotopic (exact) mass is 270 g/mol. The first-order valence-corrected chi connectivity index (χ1v) is 7.04. The Morgan fingerprint density at radius 3 is 2.85 bits per heavy atom. The predicted molar refractivity (Wildman–Crippen MR) is 76.7 cm³/mol. The number of nitrogens with zero attached hydrogens (tertiary/aromatic N) is 2. The molecule has 20 heavy (non-hydrogen) atoms. The molecule has 0 bridgehead atoms. The van der Waals surface area contributed by atoms with Gasteiger partial charge in [0, 0.05) is 18.0 Å². The number of fused-ring (bicyclic) bond motifs is 1. The van der Waals surface area contributed by atoms with E-state index in [1.54, 1.807) is 0 Å². The van der Waals surface area contributed by atoms with Crippen molar-refractivity contribution < 1.29 is 9.90 Å². The van der Waals surface area contributed by atoms with E-state index in [9.17, 15) is 9.90 Å². The Hall–Kier alpha value is -2.10. The highest BCUT2D eigenvalue weighted by Crippen LogP contribution is 2.32. The van der Waals surface area contributed by atoms with Crippen LogP contribution in [0.25, 0.3) is 11.3 Å². The summed E-state index contributed by atoms with van der Waals surface area (Å²) in [6.07, 6.45) is 3.18. The fourth-order valence-corrected chi connectivity index (χ4v) is 3.04. The van der Waals surface area contributed by atoms with Crippen LogP contribution < -0.4 is 0 Å². The van der Waals surface area contributed by atoms with Crippen LogP contribution in [0.1, 0.15) is 37.3 Å². The van der Waals surface area contributed by atoms with Crippen molar-refractivity contribution in [1.82, 2.24) is 9.55 Å². The third kappa shape index (κ3) is 2.22. The molecule has 2 heterocycles. The van der Waals surface area contributed by atoms with E-state index in [2.05, 4.69) is 11.5 Å². The largest absolute Gasteiger partial charge is 0.481 e. The van der Waals surface area contributed by atoms with Gasteiger partial charge >= 0.3 is 5.97 Å². The minimum atomic E-state index is -0.803. The molecule has 4 heteroatoms. The molecule has 0 spiro atoms. The number of imidazole rings is 1. The summed E-state index contributed by atoms with van der Waals surface area (Å²) in [7, 11) is 0. The van der Waals surface area contributed by atoms with E-state index in [0.29, 0.717) is 6.04 Å². The molecule has 1 N–H and O–H groups in total. The third-order valence-electron chi connectivity index (χ3n) is 3.91. The predicted octanol–water partition coefficient (Wildman–Crippen LogP) is 3.07. The SMILES string of the molecule is CC1CCCc2nc(-c3ccccc3)c(CC(=O)O)n21. The van der Waals surface area contributed by atoms with Crippen molar-refractivity contribution in [3.05, 3.63) is 41.9 Å². The molecule has 104 valence electrons. The lowest BCUT2D eigenvalue weighted by molar-refractivity contribution is -0.136. The van der Waals surface area contributed by atoms with Gasteiger partial charge in [0.25, 0.3) is 0 Å². The van der Waals surface area contributed by atoms with E-state index in [-0.39, 0.29) is 6.42 Å². The Labute approximate surface area is 118 Å². The van der Waals surface area contributed by atoms with E-state index in [1.165, 1.54) is 0 Å². The van der Waals surface area contributed by atoms with Crippen molar-refractivity contribution in [3.63, 3.8) is 0 Å². The van der Waals surface area contributed by atoms with Gasteiger partial charge in [0.1, 0.15) is 5.82 Å². The van der Waals surface area contributed by atoms with Crippen molar-refractivity contribution in [3.8, 4) is 11.3 Å². The van der Waals surface area contributed by atoms with E-state index >= 15 is 0 Å². The van der Waals surface area contributed by atoms with Gasteiger partial charge in [0.05, 0.1) is 17.8 Å². The van der Waals surface area contributed by atoms with Crippen molar-refractivity contribution in [1.29, 1.82) is 0 Å². The molecule has 0 amide bonds. The van der Waals surface area contributed by atoms with E-state index < -0.39 is 5.97 Å². The number of rotatable bonds is 3. The molecule has 3 rings (SSSR count). The van der Waals surface area contributed by atoms with Gasteiger partial charge < -0.3 is 9.67 Å². The van der Waals surface area contributed by atoms with Crippen LogP contribution in [0, 0.1) is 0 Å². The van der Waals surface area contributed by atoms with Crippen LogP contribution in [0.15, 0.2) is 30.3 Å². The number of hydrogen-bond donors (Lipinski definition) is 1. The summed E-state index contributed by atoms with van der Waals surface area (Å²) in [5.74, 6) is 0.224. The number of hydrogen-bond acceptors (Lipinski definition) is 2. The zero-order valence-corrected chi connectivity index (χ0v) is 11.5. The van der Waals surface area contributed by atoms with Gasteiger partial charge in [-0.1, -0.05) is 30.3 Å². The number of aliphatic carboxylic acids is 1. The Morgan fingerprint density at radius 1 is 1.40 bits per heavy atom. The molecule has 2 aromatic rings. The molecule has 0 fully saturated rings. The van der Waals surface area contributed by atoms with Crippen LogP contribution in [0.3, 0.4) is 0 Å². The van der Waals surface area contributed by atoms with E-state index in [0.717, 1.165) is 42.0 Å². The fraction of sp³-hybridized carbons (Fsp3) is 0.375. The average Bonchev–Trinajstić information content (AvgIpc) is 2.79. The third-order valence-corrected chi connectivity index (χ3v) is 3.91. The summed E-state index contributed by atoms with van der Waals surface area (Å²) in [6, 6.07) is 10.2. The summed E-state index contributed by atoms with van der Waals surface area (Å²) in [6.45, 7) is 2.14. The second kappa shape index (κ2) is 5.12. The van der Waals surface area contributed by atoms with Gasteiger partial charge in [0.15, 0.2) is 0 Å². The summed E-state index contributed by atoms with van der Waals surface area (Å²) >= 11 is 0. The topological polar surface area (TPSA) is 55.1 Å². The standard InChI is InChI=1S/C16H18N2O2/c1-11-6-5-9-14-17-16(12-7-3-2-4-8-12)13(18(11)14)10-15(19)20/h2-4,7-8,11H,5-6,9-10H2,1H3,(H,19,20). The molecular weight excluding hydrogens is 252 g/mol. The smallest absolute Gasteiger partial charge is 0.309 e. The minimum Gasteiger partial charge on any atom is -0.481 e. The highest BCUT2D eigenvalue weighted by Gasteiger charge is 2.25. The highest BCUT2D eigenvalue weighted by atomic mass is 16.4. The lowest BCUT2D eigenvalue weighted by Crippen LogP contribution is -2.19. The van der Waals surface area contributed by atoms with Crippen molar-refractivity contribution in [2.45, 2.75) is 38.6 Å². The normalized spacial score (nSPS) is 17.8. The van der Waals surface area contributed by atoms with Crippen LogP contribution in [-0.2, 0) is 17.6 Å². The Bertz CT molecular complexity index is 631. The molecule has 0 aliphatic carbocycles. The zero-order chi connectivity index (χ0) is 14.1. The number of carboxylic acid groups (broad SMARTS) is 1. The van der Waals surface area contributed by atoms with Crippen LogP contribution in [0.5, 0.6) is 0 Å². The van der Waals surface area contributed by atoms with Crippen molar-refractivity contribution in [2.75, 3.05) is 0 Å². The quantitative estimate of drug-likeness (QED) is 0.932. The number of aryl methyl sites for hydroxylation is 1. The molecule has 1 aromatic heterocycles. The van der Waals surface area contributed by atoms with Crippen molar-refractivity contribution >= 4 is 5.97 Å². The lowest BCUT2D eigenvalue weighted by Gasteiger charge is -2.23. The molecule has 1 aromatic carbocycles. The summed E-state index contributed by atoms with van der Waals surface area (Å²) in [5, 5.41) is 9.20. The first-order valence-electron chi connectivity index (χ1n) is 7.04. The van der Waals surface area contributed by atoms with Crippen LogP contribution in [-0.4, -0.2) is 20.6 Å². The van der Waals surface area contributed by atoms with Crippen LogP contribution in [0.2, 0.25) is 0 Å². The van der Waals surface area contributed by atoms with Crippen LogP contribution >= 0.6 is 0 Å². The number of aromatic nitrogens is 2. The first kappa shape index (κ1) is 12.9. The molecule has 4 nitrogen and oxygen atoms in total. The Morgan fingerprint density at radius 2 is 2.15 bits per heavy atom. The van der Waals surface area contributed by atoms with Crippen LogP contribution in [0.4, 0.5) is 0 Å². The second-order valence-electron chi connectivity index (χ2n) is 5.37. The maximum atomic E-state index is 11.2. The molecule has 1 atom stereocenters. The Kier molecular flexibility index (Phi) is 3.30. The van der Waals surface area contributed by atoms with Crippen molar-refractivity contribution in [2.24, 2.45) is 0 Å². The van der Waals surface area contributed by atoms with Gasteiger partial charge in [0.2, 0.25) is 0 Å². The summed E-state index contributed by atoms with van der Waals surface area (Å²) < 4.78 is 2.14. The highest BCUT2D eigenvalue weighted by molar-refractivity contribution is 5.74. The van der Waals surface area contributed by atoms with Gasteiger partial charge in [-0.2, -0.15) is 0 Å². The molecule has 0 radical (unpaired) electrons. The van der Waals surface area contributed by atoms with E-state index in [4.69, 9.17) is 4.98 Å².